The average Bonchev–Trinajstić information content (AvgIpc) is 3.64. The number of likely N-dealkylation sites (tertiary alicyclic amines) is 1. The van der Waals surface area contributed by atoms with Crippen LogP contribution in [0.25, 0.3) is 0 Å². The Morgan fingerprint density at radius 2 is 1.81 bits per heavy atom. The lowest BCUT2D eigenvalue weighted by atomic mass is 10.0. The van der Waals surface area contributed by atoms with Gasteiger partial charge in [0.2, 0.25) is 5.91 Å². The molecule has 2 aromatic carbocycles. The number of rotatable bonds is 8. The number of carbonyl (C=O) groups excluding carboxylic acids is 2. The van der Waals surface area contributed by atoms with E-state index in [9.17, 15) is 27.9 Å². The first-order valence-electron chi connectivity index (χ1n) is 13.3. The van der Waals surface area contributed by atoms with Crippen LogP contribution in [0.3, 0.4) is 0 Å². The third kappa shape index (κ3) is 7.29. The largest absolute Gasteiger partial charge is 0.471 e. The Bertz CT molecular complexity index is 1390. The van der Waals surface area contributed by atoms with E-state index in [-0.39, 0.29) is 31.8 Å². The molecule has 3 aromatic rings. The van der Waals surface area contributed by atoms with Gasteiger partial charge in [-0.3, -0.25) is 9.59 Å². The smallest absolute Gasteiger partial charge is 0.392 e. The van der Waals surface area contributed by atoms with Crippen molar-refractivity contribution >= 4 is 40.6 Å². The minimum atomic E-state index is -5.03. The Balaban J connectivity index is 1.27. The van der Waals surface area contributed by atoms with Crippen molar-refractivity contribution in [1.82, 2.24) is 15.1 Å². The van der Waals surface area contributed by atoms with Gasteiger partial charge in [-0.2, -0.15) is 13.2 Å². The zero-order chi connectivity index (χ0) is 29.9. The van der Waals surface area contributed by atoms with Crippen LogP contribution in [0.5, 0.6) is 0 Å². The average molecular weight is 623 g/mol. The van der Waals surface area contributed by atoms with Gasteiger partial charge in [0.25, 0.3) is 0 Å². The standard InChI is InChI=1S/C28H29F3N4O5S2/c1-16-33-34-27(42-16)41-15-21-13-23(18-6-4-17(14-36)5-7-18)40-25(39-21)19-8-10-20(11-9-19)32-24(37)22-3-2-12-35(22)26(38)28(29,30)31/h4-11,21-23,25,36H,2-3,12-15H2,1H3,(H,32,37). The number of benzene rings is 2. The number of carbonyl (C=O) groups is 2. The van der Waals surface area contributed by atoms with Crippen molar-refractivity contribution in [2.24, 2.45) is 0 Å². The quantitative estimate of drug-likeness (QED) is 0.331. The van der Waals surface area contributed by atoms with E-state index in [2.05, 4.69) is 15.5 Å². The van der Waals surface area contributed by atoms with Crippen molar-refractivity contribution in [3.63, 3.8) is 0 Å². The van der Waals surface area contributed by atoms with Gasteiger partial charge in [-0.1, -0.05) is 59.5 Å². The van der Waals surface area contributed by atoms with E-state index in [1.165, 1.54) is 11.3 Å². The van der Waals surface area contributed by atoms with E-state index in [0.717, 1.165) is 20.5 Å². The maximum atomic E-state index is 13.0. The minimum Gasteiger partial charge on any atom is -0.392 e. The van der Waals surface area contributed by atoms with E-state index >= 15 is 0 Å². The molecule has 0 spiro atoms. The molecule has 42 heavy (non-hydrogen) atoms. The summed E-state index contributed by atoms with van der Waals surface area (Å²) in [6.45, 7) is 1.72. The number of aliphatic hydroxyl groups excluding tert-OH is 1. The SMILES string of the molecule is Cc1nnc(SCC2CC(c3ccc(CO)cc3)OC(c3ccc(NC(=O)C4CCCN4C(=O)C(F)(F)F)cc3)O2)s1. The van der Waals surface area contributed by atoms with Crippen molar-refractivity contribution in [3.05, 3.63) is 70.2 Å². The third-order valence-electron chi connectivity index (χ3n) is 7.02. The second-order valence-electron chi connectivity index (χ2n) is 10.0. The molecule has 2 fully saturated rings. The van der Waals surface area contributed by atoms with Gasteiger partial charge in [0.05, 0.1) is 18.8 Å². The second-order valence-corrected chi connectivity index (χ2v) is 12.5. The van der Waals surface area contributed by atoms with Gasteiger partial charge < -0.3 is 24.8 Å². The fraction of sp³-hybridized carbons (Fsp3) is 0.429. The molecule has 224 valence electrons. The predicted octanol–water partition coefficient (Wildman–Crippen LogP) is 5.17. The van der Waals surface area contributed by atoms with Crippen LogP contribution >= 0.6 is 23.1 Å². The van der Waals surface area contributed by atoms with Crippen LogP contribution in [0.4, 0.5) is 18.9 Å². The molecule has 3 heterocycles. The van der Waals surface area contributed by atoms with Gasteiger partial charge in [-0.25, -0.2) is 0 Å². The number of hydrogen-bond acceptors (Lipinski definition) is 9. The van der Waals surface area contributed by atoms with Gasteiger partial charge in [0, 0.05) is 30.0 Å². The van der Waals surface area contributed by atoms with E-state index < -0.39 is 30.3 Å². The number of alkyl halides is 3. The molecule has 0 saturated carbocycles. The zero-order valence-corrected chi connectivity index (χ0v) is 24.2. The van der Waals surface area contributed by atoms with Crippen LogP contribution in [-0.2, 0) is 25.7 Å². The molecule has 4 unspecified atom stereocenters. The maximum absolute atomic E-state index is 13.0. The number of aromatic nitrogens is 2. The summed E-state index contributed by atoms with van der Waals surface area (Å²) in [5.74, 6) is -2.04. The number of halogens is 3. The van der Waals surface area contributed by atoms with Crippen LogP contribution in [0.2, 0.25) is 0 Å². The Morgan fingerprint density at radius 1 is 1.10 bits per heavy atom. The van der Waals surface area contributed by atoms with Gasteiger partial charge in [-0.05, 0) is 43.0 Å². The Morgan fingerprint density at radius 3 is 2.45 bits per heavy atom. The van der Waals surface area contributed by atoms with Crippen molar-refractivity contribution in [3.8, 4) is 0 Å². The predicted molar refractivity (Wildman–Crippen MR) is 150 cm³/mol. The molecule has 2 aliphatic heterocycles. The van der Waals surface area contributed by atoms with E-state index in [0.29, 0.717) is 34.7 Å². The van der Waals surface area contributed by atoms with E-state index in [1.54, 1.807) is 36.0 Å². The molecular formula is C28H29F3N4O5S2. The number of thioether (sulfide) groups is 1. The molecule has 1 aromatic heterocycles. The van der Waals surface area contributed by atoms with Crippen LogP contribution in [-0.4, -0.2) is 62.6 Å². The topological polar surface area (TPSA) is 114 Å². The highest BCUT2D eigenvalue weighted by Crippen LogP contribution is 2.40. The lowest BCUT2D eigenvalue weighted by Crippen LogP contribution is -2.48. The number of aryl methyl sites for hydroxylation is 1. The molecular weight excluding hydrogens is 593 g/mol. The summed E-state index contributed by atoms with van der Waals surface area (Å²) in [4.78, 5) is 25.1. The number of amides is 2. The highest BCUT2D eigenvalue weighted by molar-refractivity contribution is 8.01. The summed E-state index contributed by atoms with van der Waals surface area (Å²) < 4.78 is 52.4. The molecule has 4 atom stereocenters. The van der Waals surface area contributed by atoms with Gasteiger partial charge in [-0.15, -0.1) is 10.2 Å². The summed E-state index contributed by atoms with van der Waals surface area (Å²) in [6, 6.07) is 13.1. The van der Waals surface area contributed by atoms with Gasteiger partial charge >= 0.3 is 12.1 Å². The van der Waals surface area contributed by atoms with Crippen molar-refractivity contribution in [1.29, 1.82) is 0 Å². The molecule has 2 aliphatic rings. The molecule has 9 nitrogen and oxygen atoms in total. The second kappa shape index (κ2) is 13.1. The van der Waals surface area contributed by atoms with E-state index in [4.69, 9.17) is 9.47 Å². The fourth-order valence-electron chi connectivity index (χ4n) is 4.92. The molecule has 2 saturated heterocycles. The van der Waals surface area contributed by atoms with Gasteiger partial charge in [0.1, 0.15) is 11.0 Å². The van der Waals surface area contributed by atoms with Crippen molar-refractivity contribution in [2.45, 2.75) is 67.8 Å². The zero-order valence-electron chi connectivity index (χ0n) is 22.5. The van der Waals surface area contributed by atoms with Crippen LogP contribution < -0.4 is 5.32 Å². The highest BCUT2D eigenvalue weighted by atomic mass is 32.2. The number of nitrogens with one attached hydrogen (secondary N) is 1. The Kier molecular flexibility index (Phi) is 9.47. The molecule has 0 aliphatic carbocycles. The molecule has 0 bridgehead atoms. The Labute approximate surface area is 248 Å². The number of ether oxygens (including phenoxy) is 2. The third-order valence-corrected chi connectivity index (χ3v) is 9.13. The van der Waals surface area contributed by atoms with Crippen LogP contribution in [0, 0.1) is 6.92 Å². The molecule has 0 radical (unpaired) electrons. The van der Waals surface area contributed by atoms with Crippen molar-refractivity contribution in [2.75, 3.05) is 17.6 Å². The fourth-order valence-corrected chi connectivity index (χ4v) is 6.78. The highest BCUT2D eigenvalue weighted by Gasteiger charge is 2.47. The van der Waals surface area contributed by atoms with Crippen LogP contribution in [0.15, 0.2) is 52.9 Å². The summed E-state index contributed by atoms with van der Waals surface area (Å²) in [5, 5.41) is 21.1. The summed E-state index contributed by atoms with van der Waals surface area (Å²) >= 11 is 3.07. The van der Waals surface area contributed by atoms with Gasteiger partial charge in [0.15, 0.2) is 10.6 Å². The first-order valence-corrected chi connectivity index (χ1v) is 15.1. The normalized spacial score (nSPS) is 22.7. The number of hydrogen-bond donors (Lipinski definition) is 2. The van der Waals surface area contributed by atoms with Crippen LogP contribution in [0.1, 0.15) is 53.4 Å². The van der Waals surface area contributed by atoms with Crippen molar-refractivity contribution < 1.29 is 37.3 Å². The first-order chi connectivity index (χ1) is 20.1. The maximum Gasteiger partial charge on any atom is 0.471 e. The minimum absolute atomic E-state index is 0.0572. The summed E-state index contributed by atoms with van der Waals surface area (Å²) in [6.07, 6.45) is -5.14. The monoisotopic (exact) mass is 622 g/mol. The number of anilines is 1. The summed E-state index contributed by atoms with van der Waals surface area (Å²) in [5.41, 5.74) is 2.81. The summed E-state index contributed by atoms with van der Waals surface area (Å²) in [7, 11) is 0. The Hall–Kier alpha value is -3.04. The number of nitrogens with zero attached hydrogens (tertiary/aromatic N) is 3. The number of aliphatic hydroxyl groups is 1. The first kappa shape index (κ1) is 30.4. The lowest BCUT2D eigenvalue weighted by molar-refractivity contribution is -0.245. The molecule has 5 rings (SSSR count). The molecule has 14 heteroatoms. The van der Waals surface area contributed by atoms with E-state index in [1.807, 2.05) is 31.2 Å². The molecule has 2 N–H and O–H groups in total. The molecule has 2 amide bonds. The lowest BCUT2D eigenvalue weighted by Gasteiger charge is -2.36.